The van der Waals surface area contributed by atoms with Crippen LogP contribution in [0.25, 0.3) is 27.7 Å². The van der Waals surface area contributed by atoms with Crippen molar-refractivity contribution in [1.29, 1.82) is 0 Å². The SMILES string of the molecule is CCCOc1ccc(-c2nn(-c3ccccc3)cc2C=NNC(=O)COc2ccc3ccccc3c2)cc1. The first kappa shape index (κ1) is 24.8. The van der Waals surface area contributed by atoms with E-state index < -0.39 is 0 Å². The molecule has 0 aliphatic rings. The van der Waals surface area contributed by atoms with Crippen LogP contribution in [0.2, 0.25) is 0 Å². The van der Waals surface area contributed by atoms with Gasteiger partial charge in [-0.1, -0.05) is 55.5 Å². The topological polar surface area (TPSA) is 77.7 Å². The fourth-order valence-electron chi connectivity index (χ4n) is 3.96. The van der Waals surface area contributed by atoms with Gasteiger partial charge in [-0.2, -0.15) is 10.2 Å². The highest BCUT2D eigenvalue weighted by Gasteiger charge is 2.12. The number of amides is 1. The summed E-state index contributed by atoms with van der Waals surface area (Å²) in [6, 6.07) is 31.3. The zero-order valence-electron chi connectivity index (χ0n) is 21.1. The minimum absolute atomic E-state index is 0.148. The molecule has 0 saturated carbocycles. The van der Waals surface area contributed by atoms with Crippen molar-refractivity contribution in [3.63, 3.8) is 0 Å². The highest BCUT2D eigenvalue weighted by Crippen LogP contribution is 2.25. The number of hydrogen-bond acceptors (Lipinski definition) is 5. The molecule has 1 heterocycles. The molecular weight excluding hydrogens is 476 g/mol. The number of nitrogens with zero attached hydrogens (tertiary/aromatic N) is 3. The zero-order valence-corrected chi connectivity index (χ0v) is 21.1. The number of rotatable bonds is 10. The van der Waals surface area contributed by atoms with E-state index in [2.05, 4.69) is 17.5 Å². The van der Waals surface area contributed by atoms with E-state index >= 15 is 0 Å². The number of hydrogen-bond donors (Lipinski definition) is 1. The molecule has 7 nitrogen and oxygen atoms in total. The predicted molar refractivity (Wildman–Crippen MR) is 150 cm³/mol. The molecule has 4 aromatic carbocycles. The Kier molecular flexibility index (Phi) is 7.75. The van der Waals surface area contributed by atoms with Gasteiger partial charge in [0.05, 0.1) is 18.5 Å². The highest BCUT2D eigenvalue weighted by atomic mass is 16.5. The van der Waals surface area contributed by atoms with Crippen molar-refractivity contribution in [1.82, 2.24) is 15.2 Å². The summed E-state index contributed by atoms with van der Waals surface area (Å²) in [5.41, 5.74) is 5.87. The quantitative estimate of drug-likeness (QED) is 0.187. The van der Waals surface area contributed by atoms with Crippen LogP contribution in [0.15, 0.2) is 108 Å². The molecular formula is C31H28N4O3. The van der Waals surface area contributed by atoms with Gasteiger partial charge in [0.2, 0.25) is 0 Å². The van der Waals surface area contributed by atoms with Crippen molar-refractivity contribution in [2.24, 2.45) is 5.10 Å². The molecule has 0 aliphatic carbocycles. The first-order valence-electron chi connectivity index (χ1n) is 12.5. The van der Waals surface area contributed by atoms with E-state index in [1.165, 1.54) is 0 Å². The van der Waals surface area contributed by atoms with Crippen LogP contribution in [0.3, 0.4) is 0 Å². The van der Waals surface area contributed by atoms with Gasteiger partial charge in [-0.3, -0.25) is 4.79 Å². The average Bonchev–Trinajstić information content (AvgIpc) is 3.40. The average molecular weight is 505 g/mol. The second-order valence-electron chi connectivity index (χ2n) is 8.68. The number of fused-ring (bicyclic) bond motifs is 1. The summed E-state index contributed by atoms with van der Waals surface area (Å²) in [7, 11) is 0. The Morgan fingerprint density at radius 3 is 2.42 bits per heavy atom. The summed E-state index contributed by atoms with van der Waals surface area (Å²) in [4.78, 5) is 12.4. The van der Waals surface area contributed by atoms with Gasteiger partial charge in [0.25, 0.3) is 5.91 Å². The van der Waals surface area contributed by atoms with E-state index in [4.69, 9.17) is 14.6 Å². The second kappa shape index (κ2) is 11.9. The highest BCUT2D eigenvalue weighted by molar-refractivity contribution is 5.90. The molecule has 0 bridgehead atoms. The number of carbonyl (C=O) groups excluding carboxylic acids is 1. The van der Waals surface area contributed by atoms with Gasteiger partial charge in [-0.15, -0.1) is 0 Å². The second-order valence-corrected chi connectivity index (χ2v) is 8.68. The molecule has 0 atom stereocenters. The number of benzene rings is 4. The smallest absolute Gasteiger partial charge is 0.277 e. The van der Waals surface area contributed by atoms with E-state index in [0.717, 1.165) is 45.5 Å². The standard InChI is InChI=1S/C31H28N4O3/c1-2-18-37-28-15-13-24(14-16-28)31-26(21-35(34-31)27-10-4-3-5-11-27)20-32-33-30(36)22-38-29-17-12-23-8-6-7-9-25(23)19-29/h3-17,19-21H,2,18,22H2,1H3,(H,33,36). The van der Waals surface area contributed by atoms with Crippen molar-refractivity contribution in [3.8, 4) is 28.4 Å². The Hall–Kier alpha value is -4.91. The van der Waals surface area contributed by atoms with Crippen LogP contribution in [0.4, 0.5) is 0 Å². The van der Waals surface area contributed by atoms with Crippen molar-refractivity contribution < 1.29 is 14.3 Å². The largest absolute Gasteiger partial charge is 0.494 e. The molecule has 1 N–H and O–H groups in total. The molecule has 0 spiro atoms. The Balaban J connectivity index is 1.29. The number of nitrogens with one attached hydrogen (secondary N) is 1. The fourth-order valence-corrected chi connectivity index (χ4v) is 3.96. The fraction of sp³-hybridized carbons (Fsp3) is 0.129. The Labute approximate surface area is 221 Å². The van der Waals surface area contributed by atoms with Crippen LogP contribution in [-0.2, 0) is 4.79 Å². The van der Waals surface area contributed by atoms with Crippen LogP contribution in [0, 0.1) is 0 Å². The molecule has 0 saturated heterocycles. The lowest BCUT2D eigenvalue weighted by Gasteiger charge is -2.06. The lowest BCUT2D eigenvalue weighted by atomic mass is 10.1. The Morgan fingerprint density at radius 2 is 1.63 bits per heavy atom. The third kappa shape index (κ3) is 6.07. The normalized spacial score (nSPS) is 11.1. The maximum atomic E-state index is 12.4. The molecule has 0 fully saturated rings. The Morgan fingerprint density at radius 1 is 0.895 bits per heavy atom. The van der Waals surface area contributed by atoms with Gasteiger partial charge < -0.3 is 9.47 Å². The molecule has 0 radical (unpaired) electrons. The molecule has 0 aliphatic heterocycles. The summed E-state index contributed by atoms with van der Waals surface area (Å²) in [5.74, 6) is 1.08. The number of carbonyl (C=O) groups is 1. The molecule has 190 valence electrons. The maximum Gasteiger partial charge on any atom is 0.277 e. The first-order valence-corrected chi connectivity index (χ1v) is 12.5. The first-order chi connectivity index (χ1) is 18.7. The van der Waals surface area contributed by atoms with Gasteiger partial charge in [0.15, 0.2) is 6.61 Å². The minimum atomic E-state index is -0.358. The van der Waals surface area contributed by atoms with Crippen LogP contribution in [-0.4, -0.2) is 35.1 Å². The van der Waals surface area contributed by atoms with E-state index in [9.17, 15) is 4.79 Å². The lowest BCUT2D eigenvalue weighted by Crippen LogP contribution is -2.24. The summed E-state index contributed by atoms with van der Waals surface area (Å²) < 4.78 is 13.2. The zero-order chi connectivity index (χ0) is 26.2. The molecule has 7 heteroatoms. The van der Waals surface area contributed by atoms with Gasteiger partial charge >= 0.3 is 0 Å². The van der Waals surface area contributed by atoms with Crippen molar-refractivity contribution >= 4 is 22.9 Å². The van der Waals surface area contributed by atoms with Crippen LogP contribution < -0.4 is 14.9 Å². The third-order valence-corrected chi connectivity index (χ3v) is 5.85. The van der Waals surface area contributed by atoms with Crippen molar-refractivity contribution in [3.05, 3.63) is 109 Å². The molecule has 1 amide bonds. The van der Waals surface area contributed by atoms with Crippen LogP contribution in [0.5, 0.6) is 11.5 Å². The maximum absolute atomic E-state index is 12.4. The monoisotopic (exact) mass is 504 g/mol. The summed E-state index contributed by atoms with van der Waals surface area (Å²) in [6.45, 7) is 2.60. The number of hydrazone groups is 1. The number of ether oxygens (including phenoxy) is 2. The van der Waals surface area contributed by atoms with Crippen molar-refractivity contribution in [2.75, 3.05) is 13.2 Å². The Bertz CT molecular complexity index is 1540. The molecule has 5 rings (SSSR count). The number of aromatic nitrogens is 2. The van der Waals surface area contributed by atoms with Crippen LogP contribution in [0.1, 0.15) is 18.9 Å². The lowest BCUT2D eigenvalue weighted by molar-refractivity contribution is -0.123. The summed E-state index contributed by atoms with van der Waals surface area (Å²) >= 11 is 0. The van der Waals surface area contributed by atoms with Crippen LogP contribution >= 0.6 is 0 Å². The van der Waals surface area contributed by atoms with E-state index in [1.54, 1.807) is 10.9 Å². The summed E-state index contributed by atoms with van der Waals surface area (Å²) in [6.07, 6.45) is 4.42. The van der Waals surface area contributed by atoms with Gasteiger partial charge in [-0.25, -0.2) is 10.1 Å². The predicted octanol–water partition coefficient (Wildman–Crippen LogP) is 6.01. The van der Waals surface area contributed by atoms with Gasteiger partial charge in [0, 0.05) is 17.3 Å². The third-order valence-electron chi connectivity index (χ3n) is 5.85. The minimum Gasteiger partial charge on any atom is -0.494 e. The van der Waals surface area contributed by atoms with Crippen molar-refractivity contribution in [2.45, 2.75) is 13.3 Å². The van der Waals surface area contributed by atoms with Gasteiger partial charge in [0.1, 0.15) is 17.2 Å². The number of para-hydroxylation sites is 1. The van der Waals surface area contributed by atoms with E-state index in [0.29, 0.717) is 12.4 Å². The molecule has 38 heavy (non-hydrogen) atoms. The van der Waals surface area contributed by atoms with Gasteiger partial charge in [-0.05, 0) is 65.7 Å². The van der Waals surface area contributed by atoms with E-state index in [1.807, 2.05) is 103 Å². The molecule has 0 unspecified atom stereocenters. The summed E-state index contributed by atoms with van der Waals surface area (Å²) in [5, 5.41) is 11.1. The van der Waals surface area contributed by atoms with E-state index in [-0.39, 0.29) is 12.5 Å². The molecule has 5 aromatic rings. The molecule has 1 aromatic heterocycles.